The van der Waals surface area contributed by atoms with Gasteiger partial charge in [-0.3, -0.25) is 9.11 Å². The highest BCUT2D eigenvalue weighted by molar-refractivity contribution is 7.89. The van der Waals surface area contributed by atoms with Crippen LogP contribution in [-0.4, -0.2) is 49.1 Å². The number of fused-ring (bicyclic) bond motifs is 1. The number of benzene rings is 2. The fraction of sp³-hybridized carbons (Fsp3) is 0.0588. The number of nitrogens with zero attached hydrogens (tertiary/aromatic N) is 5. The Kier molecular flexibility index (Phi) is 6.19. The second kappa shape index (κ2) is 8.65. The van der Waals surface area contributed by atoms with Gasteiger partial charge in [0.05, 0.1) is 31.4 Å². The lowest BCUT2D eigenvalue weighted by atomic mass is 10.3. The fourth-order valence-electron chi connectivity index (χ4n) is 3.09. The van der Waals surface area contributed by atoms with Crippen molar-refractivity contribution < 1.29 is 34.4 Å². The SMILES string of the molecule is Cc1nn(-c2cc(S(=O)(=O)O)ccc2S(=O)(=O)O)c(N)c1/N=N/c1nc2cc(S(N)(=O)=O)ccc2s1. The Bertz CT molecular complexity index is 1890. The molecule has 15 nitrogen and oxygen atoms in total. The molecule has 2 aromatic carbocycles. The minimum atomic E-state index is -4.86. The van der Waals surface area contributed by atoms with Crippen LogP contribution in [0.2, 0.25) is 0 Å². The number of azo groups is 1. The summed E-state index contributed by atoms with van der Waals surface area (Å²) < 4.78 is 90.2. The Morgan fingerprint density at radius 2 is 1.61 bits per heavy atom. The van der Waals surface area contributed by atoms with E-state index in [1.165, 1.54) is 25.1 Å². The average molecular weight is 574 g/mol. The minimum Gasteiger partial charge on any atom is -0.382 e. The van der Waals surface area contributed by atoms with Crippen LogP contribution in [0.5, 0.6) is 0 Å². The van der Waals surface area contributed by atoms with Crippen molar-refractivity contribution in [1.82, 2.24) is 14.8 Å². The van der Waals surface area contributed by atoms with Gasteiger partial charge in [0.1, 0.15) is 4.90 Å². The summed E-state index contributed by atoms with van der Waals surface area (Å²) in [6, 6.07) is 6.40. The summed E-state index contributed by atoms with van der Waals surface area (Å²) in [7, 11) is -13.5. The van der Waals surface area contributed by atoms with E-state index in [2.05, 4.69) is 20.3 Å². The van der Waals surface area contributed by atoms with Crippen LogP contribution in [-0.2, 0) is 30.3 Å². The minimum absolute atomic E-state index is 0.0296. The van der Waals surface area contributed by atoms with Crippen LogP contribution in [0.3, 0.4) is 0 Å². The normalized spacial score (nSPS) is 13.1. The van der Waals surface area contributed by atoms with Gasteiger partial charge >= 0.3 is 0 Å². The van der Waals surface area contributed by atoms with E-state index < -0.39 is 45.7 Å². The molecule has 0 radical (unpaired) electrons. The molecule has 36 heavy (non-hydrogen) atoms. The number of anilines is 1. The molecule has 4 aromatic rings. The monoisotopic (exact) mass is 573 g/mol. The van der Waals surface area contributed by atoms with E-state index >= 15 is 0 Å². The number of nitrogen functional groups attached to an aromatic ring is 1. The molecule has 0 amide bonds. The van der Waals surface area contributed by atoms with Gasteiger partial charge in [0.2, 0.25) is 15.2 Å². The first kappa shape index (κ1) is 25.8. The maximum atomic E-state index is 11.8. The third kappa shape index (κ3) is 4.97. The first-order valence-corrected chi connectivity index (χ1v) is 14.6. The number of primary sulfonamides is 1. The Morgan fingerprint density at radius 1 is 0.944 bits per heavy atom. The molecule has 0 spiro atoms. The summed E-state index contributed by atoms with van der Waals surface area (Å²) in [5.41, 5.74) is 6.03. The Balaban J connectivity index is 1.80. The van der Waals surface area contributed by atoms with E-state index in [-0.39, 0.29) is 27.2 Å². The van der Waals surface area contributed by atoms with Gasteiger partial charge in [0.25, 0.3) is 20.2 Å². The van der Waals surface area contributed by atoms with Crippen LogP contribution in [0.4, 0.5) is 16.6 Å². The van der Waals surface area contributed by atoms with Crippen LogP contribution < -0.4 is 10.9 Å². The second-order valence-electron chi connectivity index (χ2n) is 7.18. The summed E-state index contributed by atoms with van der Waals surface area (Å²) in [5, 5.41) is 17.3. The van der Waals surface area contributed by atoms with Gasteiger partial charge < -0.3 is 5.73 Å². The molecule has 0 unspecified atom stereocenters. The molecule has 0 aliphatic carbocycles. The summed E-state index contributed by atoms with van der Waals surface area (Å²) in [6.07, 6.45) is 0. The first-order valence-electron chi connectivity index (χ1n) is 9.35. The molecule has 2 aromatic heterocycles. The molecule has 4 rings (SSSR count). The van der Waals surface area contributed by atoms with Gasteiger partial charge in [-0.1, -0.05) is 11.3 Å². The van der Waals surface area contributed by atoms with E-state index in [9.17, 15) is 34.4 Å². The predicted octanol–water partition coefficient (Wildman–Crippen LogP) is 1.93. The Labute approximate surface area is 207 Å². The summed E-state index contributed by atoms with van der Waals surface area (Å²) in [5.74, 6) is -0.272. The Morgan fingerprint density at radius 3 is 2.22 bits per heavy atom. The van der Waals surface area contributed by atoms with Gasteiger partial charge in [0.15, 0.2) is 11.5 Å². The molecule has 6 N–H and O–H groups in total. The lowest BCUT2D eigenvalue weighted by molar-refractivity contribution is 0.477. The van der Waals surface area contributed by atoms with Crippen molar-refractivity contribution in [2.75, 3.05) is 5.73 Å². The molecular formula is C17H15N7O8S4. The van der Waals surface area contributed by atoms with Crippen molar-refractivity contribution in [3.63, 3.8) is 0 Å². The average Bonchev–Trinajstić information content (AvgIpc) is 3.29. The highest BCUT2D eigenvalue weighted by Crippen LogP contribution is 2.35. The van der Waals surface area contributed by atoms with Crippen molar-refractivity contribution in [2.45, 2.75) is 21.6 Å². The standard InChI is InChI=1S/C17H15N7O8S4/c1-8-15(21-22-17-20-11-6-9(34(19,25)26)2-4-13(11)33-17)16(18)24(23-8)12-7-10(35(27,28)29)3-5-14(12)36(30,31)32/h2-7H,18H2,1H3,(H2,19,25,26)(H,27,28,29)(H,30,31,32)/b22-21+. The number of rotatable bonds is 6. The highest BCUT2D eigenvalue weighted by Gasteiger charge is 2.24. The summed E-state index contributed by atoms with van der Waals surface area (Å²) in [6.45, 7) is 1.46. The molecule has 0 aliphatic heterocycles. The van der Waals surface area contributed by atoms with E-state index in [1.54, 1.807) is 0 Å². The smallest absolute Gasteiger partial charge is 0.296 e. The van der Waals surface area contributed by atoms with E-state index in [0.717, 1.165) is 34.2 Å². The van der Waals surface area contributed by atoms with Crippen molar-refractivity contribution in [3.05, 3.63) is 42.1 Å². The molecule has 0 saturated carbocycles. The summed E-state index contributed by atoms with van der Waals surface area (Å²) >= 11 is 1.08. The fourth-order valence-corrected chi connectivity index (χ4v) is 5.54. The van der Waals surface area contributed by atoms with E-state index in [4.69, 9.17) is 10.9 Å². The van der Waals surface area contributed by atoms with Crippen LogP contribution in [0, 0.1) is 6.92 Å². The molecule has 2 heterocycles. The van der Waals surface area contributed by atoms with Gasteiger partial charge in [-0.25, -0.2) is 23.2 Å². The van der Waals surface area contributed by atoms with Gasteiger partial charge in [0, 0.05) is 0 Å². The first-order chi connectivity index (χ1) is 16.6. The quantitative estimate of drug-likeness (QED) is 0.191. The van der Waals surface area contributed by atoms with Crippen molar-refractivity contribution in [3.8, 4) is 5.69 Å². The van der Waals surface area contributed by atoms with Gasteiger partial charge in [-0.2, -0.15) is 21.9 Å². The van der Waals surface area contributed by atoms with Gasteiger partial charge in [-0.05, 0) is 43.3 Å². The maximum Gasteiger partial charge on any atom is 0.296 e. The largest absolute Gasteiger partial charge is 0.382 e. The predicted molar refractivity (Wildman–Crippen MR) is 128 cm³/mol. The van der Waals surface area contributed by atoms with Crippen molar-refractivity contribution in [1.29, 1.82) is 0 Å². The number of hydrogen-bond acceptors (Lipinski definition) is 12. The molecule has 0 bridgehead atoms. The number of aromatic nitrogens is 3. The number of sulfonamides is 1. The third-order valence-corrected chi connectivity index (χ3v) is 8.29. The van der Waals surface area contributed by atoms with Gasteiger partial charge in [-0.15, -0.1) is 10.2 Å². The van der Waals surface area contributed by atoms with Crippen molar-refractivity contribution in [2.24, 2.45) is 15.4 Å². The Hall–Kier alpha value is -3.33. The molecule has 0 saturated heterocycles. The molecule has 0 fully saturated rings. The second-order valence-corrected chi connectivity index (χ2v) is 12.6. The molecule has 0 atom stereocenters. The number of aryl methyl sites for hydroxylation is 1. The number of hydrogen-bond donors (Lipinski definition) is 4. The molecule has 190 valence electrons. The zero-order valence-electron chi connectivity index (χ0n) is 17.8. The number of nitrogens with two attached hydrogens (primary N) is 2. The number of thiazole rings is 1. The summed E-state index contributed by atoms with van der Waals surface area (Å²) in [4.78, 5) is 2.64. The topological polar surface area (TPSA) is 250 Å². The van der Waals surface area contributed by atoms with E-state index in [1.807, 2.05) is 0 Å². The van der Waals surface area contributed by atoms with Crippen LogP contribution in [0.1, 0.15) is 5.69 Å². The van der Waals surface area contributed by atoms with Crippen LogP contribution in [0.15, 0.2) is 61.3 Å². The van der Waals surface area contributed by atoms with Crippen LogP contribution >= 0.6 is 11.3 Å². The lowest BCUT2D eigenvalue weighted by Crippen LogP contribution is -2.11. The third-order valence-electron chi connectivity index (χ3n) is 4.71. The zero-order chi connectivity index (χ0) is 26.6. The molecule has 0 aliphatic rings. The van der Waals surface area contributed by atoms with Crippen LogP contribution in [0.25, 0.3) is 15.9 Å². The molecule has 19 heteroatoms. The lowest BCUT2D eigenvalue weighted by Gasteiger charge is -2.10. The highest BCUT2D eigenvalue weighted by atomic mass is 32.2. The zero-order valence-corrected chi connectivity index (χ0v) is 21.1. The maximum absolute atomic E-state index is 11.8. The molecular weight excluding hydrogens is 558 g/mol. The van der Waals surface area contributed by atoms with Crippen molar-refractivity contribution >= 4 is 68.4 Å². The van der Waals surface area contributed by atoms with E-state index in [0.29, 0.717) is 10.2 Å².